The quantitative estimate of drug-likeness (QED) is 0.888. The number of rotatable bonds is 4. The Morgan fingerprint density at radius 3 is 2.60 bits per heavy atom. The van der Waals surface area contributed by atoms with E-state index in [0.717, 1.165) is 12.0 Å². The number of sulfonamides is 1. The van der Waals surface area contributed by atoms with E-state index in [0.29, 0.717) is 0 Å². The lowest BCUT2D eigenvalue weighted by Gasteiger charge is -2.05. The van der Waals surface area contributed by atoms with E-state index in [1.54, 1.807) is 0 Å². The first-order valence-electron chi connectivity index (χ1n) is 6.32. The van der Waals surface area contributed by atoms with Gasteiger partial charge in [0.25, 0.3) is 0 Å². The zero-order valence-electron chi connectivity index (χ0n) is 10.6. The Morgan fingerprint density at radius 1 is 1.15 bits per heavy atom. The van der Waals surface area contributed by atoms with E-state index in [4.69, 9.17) is 0 Å². The van der Waals surface area contributed by atoms with Crippen LogP contribution in [0.3, 0.4) is 0 Å². The molecule has 0 bridgehead atoms. The maximum atomic E-state index is 12.1. The number of pyridine rings is 1. The van der Waals surface area contributed by atoms with Gasteiger partial charge in [0.05, 0.1) is 0 Å². The van der Waals surface area contributed by atoms with Crippen LogP contribution in [-0.4, -0.2) is 19.4 Å². The van der Waals surface area contributed by atoms with Crippen molar-refractivity contribution in [3.8, 4) is 0 Å². The largest absolute Gasteiger partial charge is 0.366 e. The van der Waals surface area contributed by atoms with Crippen LogP contribution in [0.15, 0.2) is 58.5 Å². The van der Waals surface area contributed by atoms with Crippen molar-refractivity contribution in [2.24, 2.45) is 0 Å². The maximum absolute atomic E-state index is 12.1. The van der Waals surface area contributed by atoms with Crippen molar-refractivity contribution in [1.29, 1.82) is 0 Å². The molecule has 3 rings (SSSR count). The van der Waals surface area contributed by atoms with Gasteiger partial charge in [-0.15, -0.1) is 0 Å². The summed E-state index contributed by atoms with van der Waals surface area (Å²) in [4.78, 5) is 14.0. The van der Waals surface area contributed by atoms with Crippen molar-refractivity contribution in [2.75, 3.05) is 0 Å². The monoisotopic (exact) mass is 290 g/mol. The molecule has 1 aliphatic carbocycles. The fourth-order valence-corrected chi connectivity index (χ4v) is 3.61. The summed E-state index contributed by atoms with van der Waals surface area (Å²) in [6.45, 7) is 0. The molecule has 1 aromatic carbocycles. The third-order valence-electron chi connectivity index (χ3n) is 3.40. The van der Waals surface area contributed by atoms with E-state index in [9.17, 15) is 13.2 Å². The highest BCUT2D eigenvalue weighted by atomic mass is 32.2. The molecule has 2 atom stereocenters. The summed E-state index contributed by atoms with van der Waals surface area (Å²) in [7, 11) is -3.76. The molecule has 2 N–H and O–H groups in total. The van der Waals surface area contributed by atoms with Crippen molar-refractivity contribution in [3.63, 3.8) is 0 Å². The molecule has 1 saturated carbocycles. The molecule has 0 aliphatic heterocycles. The van der Waals surface area contributed by atoms with Gasteiger partial charge in [0.15, 0.2) is 0 Å². The van der Waals surface area contributed by atoms with Gasteiger partial charge in [-0.05, 0) is 12.0 Å². The first kappa shape index (κ1) is 13.1. The minimum atomic E-state index is -3.76. The molecule has 20 heavy (non-hydrogen) atoms. The second-order valence-corrected chi connectivity index (χ2v) is 6.54. The Balaban J connectivity index is 1.77. The summed E-state index contributed by atoms with van der Waals surface area (Å²) in [5.74, 6) is 0.189. The Morgan fingerprint density at radius 2 is 1.90 bits per heavy atom. The fraction of sp³-hybridized carbons (Fsp3) is 0.214. The molecule has 1 aromatic heterocycles. The molecule has 0 amide bonds. The lowest BCUT2D eigenvalue weighted by molar-refractivity contribution is 0.578. The first-order chi connectivity index (χ1) is 9.58. The third kappa shape index (κ3) is 2.52. The highest BCUT2D eigenvalue weighted by Gasteiger charge is 2.41. The second kappa shape index (κ2) is 4.88. The van der Waals surface area contributed by atoms with Crippen LogP contribution < -0.4 is 10.2 Å². The number of aromatic amines is 1. The van der Waals surface area contributed by atoms with Gasteiger partial charge in [-0.2, -0.15) is 0 Å². The van der Waals surface area contributed by atoms with E-state index >= 15 is 0 Å². The van der Waals surface area contributed by atoms with Crippen LogP contribution in [0.5, 0.6) is 0 Å². The van der Waals surface area contributed by atoms with Gasteiger partial charge in [0.1, 0.15) is 4.90 Å². The summed E-state index contributed by atoms with van der Waals surface area (Å²) in [6, 6.07) is 10.8. The smallest absolute Gasteiger partial charge is 0.246 e. The van der Waals surface area contributed by atoms with E-state index in [1.807, 2.05) is 30.3 Å². The normalized spacial score (nSPS) is 21.6. The SMILES string of the molecule is O=c1cc[nH]cc1S(=O)(=O)NC1CC1c1ccccc1. The lowest BCUT2D eigenvalue weighted by atomic mass is 10.1. The number of benzene rings is 1. The van der Waals surface area contributed by atoms with Gasteiger partial charge in [-0.25, -0.2) is 13.1 Å². The van der Waals surface area contributed by atoms with Crippen LogP contribution in [0.4, 0.5) is 0 Å². The van der Waals surface area contributed by atoms with Crippen LogP contribution in [0.1, 0.15) is 17.9 Å². The van der Waals surface area contributed by atoms with Gasteiger partial charge in [-0.1, -0.05) is 30.3 Å². The highest BCUT2D eigenvalue weighted by Crippen LogP contribution is 2.41. The molecular weight excluding hydrogens is 276 g/mol. The minimum Gasteiger partial charge on any atom is -0.366 e. The molecule has 5 nitrogen and oxygen atoms in total. The van der Waals surface area contributed by atoms with E-state index < -0.39 is 15.5 Å². The van der Waals surface area contributed by atoms with E-state index in [1.165, 1.54) is 18.5 Å². The zero-order valence-corrected chi connectivity index (χ0v) is 11.4. The zero-order chi connectivity index (χ0) is 14.2. The average Bonchev–Trinajstić information content (AvgIpc) is 3.18. The van der Waals surface area contributed by atoms with Gasteiger partial charge in [0.2, 0.25) is 15.5 Å². The number of hydrogen-bond donors (Lipinski definition) is 2. The van der Waals surface area contributed by atoms with Crippen molar-refractivity contribution in [3.05, 3.63) is 64.6 Å². The Labute approximate surface area is 116 Å². The number of nitrogens with one attached hydrogen (secondary N) is 2. The highest BCUT2D eigenvalue weighted by molar-refractivity contribution is 7.89. The predicted octanol–water partition coefficient (Wildman–Crippen LogP) is 1.21. The van der Waals surface area contributed by atoms with Crippen LogP contribution >= 0.6 is 0 Å². The molecule has 104 valence electrons. The molecule has 1 fully saturated rings. The van der Waals surface area contributed by atoms with E-state index in [2.05, 4.69) is 9.71 Å². The topological polar surface area (TPSA) is 79.0 Å². The predicted molar refractivity (Wildman–Crippen MR) is 75.0 cm³/mol. The molecule has 0 saturated heterocycles. The summed E-state index contributed by atoms with van der Waals surface area (Å²) in [6.07, 6.45) is 3.38. The van der Waals surface area contributed by atoms with Crippen molar-refractivity contribution >= 4 is 10.0 Å². The van der Waals surface area contributed by atoms with E-state index in [-0.39, 0.29) is 16.9 Å². The molecule has 2 unspecified atom stereocenters. The maximum Gasteiger partial charge on any atom is 0.246 e. The number of hydrogen-bond acceptors (Lipinski definition) is 3. The molecule has 2 aromatic rings. The van der Waals surface area contributed by atoms with Crippen molar-refractivity contribution in [2.45, 2.75) is 23.3 Å². The van der Waals surface area contributed by atoms with Crippen LogP contribution in [0.25, 0.3) is 0 Å². The summed E-state index contributed by atoms with van der Waals surface area (Å²) in [5.41, 5.74) is 0.607. The first-order valence-corrected chi connectivity index (χ1v) is 7.80. The second-order valence-electron chi connectivity index (χ2n) is 4.85. The van der Waals surface area contributed by atoms with Crippen LogP contribution in [0, 0.1) is 0 Å². The molecular formula is C14H14N2O3S. The molecule has 0 spiro atoms. The fourth-order valence-electron chi connectivity index (χ4n) is 2.27. The third-order valence-corrected chi connectivity index (χ3v) is 4.91. The van der Waals surface area contributed by atoms with Crippen LogP contribution in [0.2, 0.25) is 0 Å². The minimum absolute atomic E-state index is 0.137. The molecule has 1 heterocycles. The average molecular weight is 290 g/mol. The standard InChI is InChI=1S/C14H14N2O3S/c17-13-6-7-15-9-14(13)20(18,19)16-12-8-11(12)10-4-2-1-3-5-10/h1-7,9,11-12,16H,8H2,(H,15,17). The van der Waals surface area contributed by atoms with Gasteiger partial charge in [0, 0.05) is 30.4 Å². The van der Waals surface area contributed by atoms with Gasteiger partial charge < -0.3 is 4.98 Å². The number of aromatic nitrogens is 1. The lowest BCUT2D eigenvalue weighted by Crippen LogP contribution is -2.30. The Bertz CT molecular complexity index is 768. The van der Waals surface area contributed by atoms with Crippen molar-refractivity contribution < 1.29 is 8.42 Å². The molecule has 0 radical (unpaired) electrons. The van der Waals surface area contributed by atoms with Gasteiger partial charge >= 0.3 is 0 Å². The Kier molecular flexibility index (Phi) is 3.19. The summed E-state index contributed by atoms with van der Waals surface area (Å²) >= 11 is 0. The van der Waals surface area contributed by atoms with Gasteiger partial charge in [-0.3, -0.25) is 4.79 Å². The number of H-pyrrole nitrogens is 1. The van der Waals surface area contributed by atoms with Crippen LogP contribution in [-0.2, 0) is 10.0 Å². The molecule has 6 heteroatoms. The van der Waals surface area contributed by atoms with Crippen molar-refractivity contribution in [1.82, 2.24) is 9.71 Å². The summed E-state index contributed by atoms with van der Waals surface area (Å²) in [5, 5.41) is 0. The Hall–Kier alpha value is -1.92. The summed E-state index contributed by atoms with van der Waals surface area (Å²) < 4.78 is 26.9. The molecule has 1 aliphatic rings.